The summed E-state index contributed by atoms with van der Waals surface area (Å²) in [5, 5.41) is 6.56. The van der Waals surface area contributed by atoms with Gasteiger partial charge in [0.05, 0.1) is 18.8 Å². The highest BCUT2D eigenvalue weighted by Crippen LogP contribution is 2.14. The number of amides is 1. The summed E-state index contributed by atoms with van der Waals surface area (Å²) in [6.07, 6.45) is 3.79. The van der Waals surface area contributed by atoms with Gasteiger partial charge in [-0.15, -0.1) is 0 Å². The quantitative estimate of drug-likeness (QED) is 0.763. The van der Waals surface area contributed by atoms with Crippen LogP contribution < -0.4 is 10.1 Å². The van der Waals surface area contributed by atoms with Crippen molar-refractivity contribution in [2.75, 3.05) is 19.8 Å². The zero-order valence-corrected chi connectivity index (χ0v) is 13.5. The van der Waals surface area contributed by atoms with Crippen LogP contribution in [0.25, 0.3) is 0 Å². The van der Waals surface area contributed by atoms with Crippen molar-refractivity contribution in [2.45, 2.75) is 32.3 Å². The van der Waals surface area contributed by atoms with Crippen LogP contribution in [0.1, 0.15) is 34.9 Å². The molecule has 1 aliphatic heterocycles. The fourth-order valence-corrected chi connectivity index (χ4v) is 2.35. The summed E-state index contributed by atoms with van der Waals surface area (Å²) in [6, 6.07) is 3.41. The van der Waals surface area contributed by atoms with E-state index < -0.39 is 0 Å². The van der Waals surface area contributed by atoms with Crippen molar-refractivity contribution in [2.24, 2.45) is 0 Å². The number of nitrogens with one attached hydrogen (secondary N) is 1. The van der Waals surface area contributed by atoms with Crippen LogP contribution in [0.4, 0.5) is 0 Å². The summed E-state index contributed by atoms with van der Waals surface area (Å²) in [7, 11) is 0. The smallest absolute Gasteiger partial charge is 0.252 e. The summed E-state index contributed by atoms with van der Waals surface area (Å²) in [5.74, 6) is 1.54. The Bertz CT molecular complexity index is 665. The van der Waals surface area contributed by atoms with Gasteiger partial charge >= 0.3 is 0 Å². The highest BCUT2D eigenvalue weighted by molar-refractivity contribution is 5.93. The first-order valence-corrected chi connectivity index (χ1v) is 7.98. The fraction of sp³-hybridized carbons (Fsp3) is 0.500. The normalized spacial score (nSPS) is 17.0. The molecule has 24 heavy (non-hydrogen) atoms. The molecule has 0 aromatic carbocycles. The molecule has 128 valence electrons. The van der Waals surface area contributed by atoms with Crippen LogP contribution in [0.3, 0.4) is 0 Å². The van der Waals surface area contributed by atoms with Crippen molar-refractivity contribution >= 4 is 5.91 Å². The number of carbonyl (C=O) groups is 1. The highest BCUT2D eigenvalue weighted by atomic mass is 16.5. The largest absolute Gasteiger partial charge is 0.472 e. The number of rotatable bonds is 7. The van der Waals surface area contributed by atoms with Crippen LogP contribution in [0.2, 0.25) is 0 Å². The Balaban J connectivity index is 1.41. The molecule has 1 atom stereocenters. The Kier molecular flexibility index (Phi) is 5.37. The summed E-state index contributed by atoms with van der Waals surface area (Å²) in [4.78, 5) is 20.3. The van der Waals surface area contributed by atoms with Crippen LogP contribution in [0, 0.1) is 6.92 Å². The Labute approximate surface area is 139 Å². The van der Waals surface area contributed by atoms with Crippen molar-refractivity contribution in [1.82, 2.24) is 20.4 Å². The number of aryl methyl sites for hydroxylation is 2. The average Bonchev–Trinajstić information content (AvgIpc) is 3.24. The zero-order chi connectivity index (χ0) is 16.8. The van der Waals surface area contributed by atoms with Crippen molar-refractivity contribution in [3.63, 3.8) is 0 Å². The lowest BCUT2D eigenvalue weighted by atomic mass is 10.2. The molecule has 1 fully saturated rings. The van der Waals surface area contributed by atoms with Crippen LogP contribution >= 0.6 is 0 Å². The van der Waals surface area contributed by atoms with E-state index in [1.807, 2.05) is 0 Å². The molecular weight excluding hydrogens is 312 g/mol. The van der Waals surface area contributed by atoms with Crippen LogP contribution in [-0.2, 0) is 11.2 Å². The molecule has 2 aromatic rings. The number of hydrogen-bond acceptors (Lipinski definition) is 7. The van der Waals surface area contributed by atoms with E-state index in [9.17, 15) is 4.79 Å². The number of aromatic nitrogens is 3. The number of nitrogens with zero attached hydrogens (tertiary/aromatic N) is 3. The predicted octanol–water partition coefficient (Wildman–Crippen LogP) is 1.30. The van der Waals surface area contributed by atoms with Gasteiger partial charge in [0.2, 0.25) is 11.8 Å². The molecule has 1 N–H and O–H groups in total. The van der Waals surface area contributed by atoms with Gasteiger partial charge in [0.15, 0.2) is 5.82 Å². The number of ether oxygens (including phenoxy) is 2. The Morgan fingerprint density at radius 2 is 2.38 bits per heavy atom. The van der Waals surface area contributed by atoms with Crippen molar-refractivity contribution in [3.8, 4) is 5.88 Å². The van der Waals surface area contributed by atoms with Gasteiger partial charge in [0, 0.05) is 31.6 Å². The second-order valence-electron chi connectivity index (χ2n) is 5.58. The van der Waals surface area contributed by atoms with Crippen molar-refractivity contribution < 1.29 is 18.8 Å². The van der Waals surface area contributed by atoms with Gasteiger partial charge in [-0.2, -0.15) is 4.98 Å². The lowest BCUT2D eigenvalue weighted by molar-refractivity contribution is 0.0952. The van der Waals surface area contributed by atoms with E-state index in [1.54, 1.807) is 19.1 Å². The van der Waals surface area contributed by atoms with Crippen molar-refractivity contribution in [1.29, 1.82) is 0 Å². The van der Waals surface area contributed by atoms with Gasteiger partial charge in [-0.3, -0.25) is 4.79 Å². The second-order valence-corrected chi connectivity index (χ2v) is 5.58. The standard InChI is InChI=1S/C16H20N4O4/c1-11-19-15(24-20-11)3-2-7-17-16(21)12-4-5-14(18-9-12)23-13-6-8-22-10-13/h4-5,9,13H,2-3,6-8,10H2,1H3,(H,17,21)/t13-/m1/s1. The molecule has 1 aliphatic rings. The molecule has 2 aromatic heterocycles. The second kappa shape index (κ2) is 7.87. The summed E-state index contributed by atoms with van der Waals surface area (Å²) < 4.78 is 15.9. The Morgan fingerprint density at radius 1 is 1.46 bits per heavy atom. The molecule has 0 saturated carbocycles. The first kappa shape index (κ1) is 16.4. The molecular formula is C16H20N4O4. The predicted molar refractivity (Wildman–Crippen MR) is 83.8 cm³/mol. The van der Waals surface area contributed by atoms with E-state index in [0.717, 1.165) is 12.8 Å². The summed E-state index contributed by atoms with van der Waals surface area (Å²) in [6.45, 7) is 3.60. The molecule has 8 heteroatoms. The first-order valence-electron chi connectivity index (χ1n) is 7.98. The lowest BCUT2D eigenvalue weighted by Crippen LogP contribution is -2.25. The van der Waals surface area contributed by atoms with Gasteiger partial charge in [-0.25, -0.2) is 4.98 Å². The number of hydrogen-bond donors (Lipinski definition) is 1. The molecule has 0 aliphatic carbocycles. The van der Waals surface area contributed by atoms with E-state index in [2.05, 4.69) is 20.4 Å². The third-order valence-corrected chi connectivity index (χ3v) is 3.60. The molecule has 0 unspecified atom stereocenters. The molecule has 1 saturated heterocycles. The van der Waals surface area contributed by atoms with E-state index in [4.69, 9.17) is 14.0 Å². The maximum Gasteiger partial charge on any atom is 0.252 e. The van der Waals surface area contributed by atoms with Crippen LogP contribution in [-0.4, -0.2) is 46.9 Å². The summed E-state index contributed by atoms with van der Waals surface area (Å²) >= 11 is 0. The maximum absolute atomic E-state index is 12.1. The van der Waals surface area contributed by atoms with Crippen LogP contribution in [0.5, 0.6) is 5.88 Å². The molecule has 0 radical (unpaired) electrons. The molecule has 3 heterocycles. The van der Waals surface area contributed by atoms with E-state index in [-0.39, 0.29) is 12.0 Å². The molecule has 8 nitrogen and oxygen atoms in total. The van der Waals surface area contributed by atoms with Gasteiger partial charge in [0.1, 0.15) is 6.10 Å². The zero-order valence-electron chi connectivity index (χ0n) is 13.5. The maximum atomic E-state index is 12.1. The highest BCUT2D eigenvalue weighted by Gasteiger charge is 2.17. The third kappa shape index (κ3) is 4.51. The summed E-state index contributed by atoms with van der Waals surface area (Å²) in [5.41, 5.74) is 0.499. The lowest BCUT2D eigenvalue weighted by Gasteiger charge is -2.11. The molecule has 0 bridgehead atoms. The Morgan fingerprint density at radius 3 is 3.04 bits per heavy atom. The SMILES string of the molecule is Cc1noc(CCCNC(=O)c2ccc(O[C@@H]3CCOC3)nc2)n1. The molecule has 0 spiro atoms. The van der Waals surface area contributed by atoms with Crippen LogP contribution in [0.15, 0.2) is 22.9 Å². The minimum atomic E-state index is -0.167. The minimum Gasteiger partial charge on any atom is -0.472 e. The van der Waals surface area contributed by atoms with Gasteiger partial charge < -0.3 is 19.3 Å². The van der Waals surface area contributed by atoms with E-state index in [1.165, 1.54) is 6.20 Å². The van der Waals surface area contributed by atoms with Gasteiger partial charge in [-0.05, 0) is 19.4 Å². The minimum absolute atomic E-state index is 0.0468. The monoisotopic (exact) mass is 332 g/mol. The number of carbonyl (C=O) groups excluding carboxylic acids is 1. The fourth-order valence-electron chi connectivity index (χ4n) is 2.35. The molecule has 1 amide bonds. The van der Waals surface area contributed by atoms with Gasteiger partial charge in [-0.1, -0.05) is 5.16 Å². The molecule has 3 rings (SSSR count). The third-order valence-electron chi connectivity index (χ3n) is 3.60. The van der Waals surface area contributed by atoms with E-state index in [0.29, 0.717) is 49.3 Å². The first-order chi connectivity index (χ1) is 11.7. The Hall–Kier alpha value is -2.48. The van der Waals surface area contributed by atoms with E-state index >= 15 is 0 Å². The average molecular weight is 332 g/mol. The van der Waals surface area contributed by atoms with Crippen molar-refractivity contribution in [3.05, 3.63) is 35.6 Å². The van der Waals surface area contributed by atoms with Gasteiger partial charge in [0.25, 0.3) is 5.91 Å². The topological polar surface area (TPSA) is 99.4 Å². The number of pyridine rings is 1.